The zero-order valence-corrected chi connectivity index (χ0v) is 15.0. The molecule has 2 aromatic rings. The van der Waals surface area contributed by atoms with Gasteiger partial charge in [0.15, 0.2) is 0 Å². The van der Waals surface area contributed by atoms with Crippen molar-refractivity contribution < 1.29 is 9.13 Å². The highest BCUT2D eigenvalue weighted by atomic mass is 19.1. The summed E-state index contributed by atoms with van der Waals surface area (Å²) < 4.78 is 19.7. The fourth-order valence-electron chi connectivity index (χ4n) is 3.48. The Bertz CT molecular complexity index is 840. The molecule has 0 atom stereocenters. The van der Waals surface area contributed by atoms with Crippen LogP contribution in [0.4, 0.5) is 21.7 Å². The molecule has 1 aromatic carbocycles. The van der Waals surface area contributed by atoms with Crippen LogP contribution in [0.2, 0.25) is 0 Å². The molecule has 2 aliphatic rings. The number of rotatable bonds is 3. The molecule has 3 heterocycles. The molecule has 140 valence electrons. The Morgan fingerprint density at radius 1 is 0.889 bits per heavy atom. The molecule has 0 bridgehead atoms. The molecule has 0 amide bonds. The van der Waals surface area contributed by atoms with Crippen molar-refractivity contribution in [2.45, 2.75) is 0 Å². The van der Waals surface area contributed by atoms with Crippen molar-refractivity contribution in [1.29, 1.82) is 5.26 Å². The van der Waals surface area contributed by atoms with E-state index in [9.17, 15) is 4.39 Å². The predicted octanol–water partition coefficient (Wildman–Crippen LogP) is 1.65. The average molecular weight is 368 g/mol. The lowest BCUT2D eigenvalue weighted by Crippen LogP contribution is -2.47. The summed E-state index contributed by atoms with van der Waals surface area (Å²) in [6, 6.07) is 8.62. The van der Waals surface area contributed by atoms with E-state index in [4.69, 9.17) is 10.00 Å². The maximum atomic E-state index is 14.3. The van der Waals surface area contributed by atoms with Crippen molar-refractivity contribution in [2.24, 2.45) is 0 Å². The minimum atomic E-state index is -0.348. The van der Waals surface area contributed by atoms with E-state index < -0.39 is 0 Å². The van der Waals surface area contributed by atoms with E-state index in [1.165, 1.54) is 6.07 Å². The normalized spacial score (nSPS) is 17.7. The minimum absolute atomic E-state index is 0.339. The van der Waals surface area contributed by atoms with E-state index in [-0.39, 0.29) is 5.82 Å². The predicted molar refractivity (Wildman–Crippen MR) is 101 cm³/mol. The van der Waals surface area contributed by atoms with Crippen LogP contribution >= 0.6 is 0 Å². The van der Waals surface area contributed by atoms with Crippen LogP contribution in [0.25, 0.3) is 0 Å². The molecule has 8 heteroatoms. The number of morpholine rings is 1. The van der Waals surface area contributed by atoms with Gasteiger partial charge in [0.25, 0.3) is 0 Å². The molecular weight excluding hydrogens is 347 g/mol. The van der Waals surface area contributed by atoms with Gasteiger partial charge in [0.2, 0.25) is 0 Å². The number of halogens is 1. The molecule has 0 radical (unpaired) electrons. The Hall–Kier alpha value is -2.92. The van der Waals surface area contributed by atoms with Crippen LogP contribution in [0, 0.1) is 17.1 Å². The highest BCUT2D eigenvalue weighted by Crippen LogP contribution is 2.24. The van der Waals surface area contributed by atoms with Gasteiger partial charge in [-0.1, -0.05) is 0 Å². The average Bonchev–Trinajstić information content (AvgIpc) is 2.74. The van der Waals surface area contributed by atoms with Gasteiger partial charge in [-0.05, 0) is 18.2 Å². The van der Waals surface area contributed by atoms with E-state index in [1.54, 1.807) is 18.5 Å². The summed E-state index contributed by atoms with van der Waals surface area (Å²) >= 11 is 0. The maximum absolute atomic E-state index is 14.3. The lowest BCUT2D eigenvalue weighted by molar-refractivity contribution is 0.122. The van der Waals surface area contributed by atoms with E-state index in [0.717, 1.165) is 37.8 Å². The first-order valence-corrected chi connectivity index (χ1v) is 9.09. The van der Waals surface area contributed by atoms with E-state index in [2.05, 4.69) is 19.8 Å². The fourth-order valence-corrected chi connectivity index (χ4v) is 3.48. The monoisotopic (exact) mass is 368 g/mol. The molecule has 1 aromatic heterocycles. The molecule has 0 N–H and O–H groups in total. The van der Waals surface area contributed by atoms with Crippen LogP contribution in [0.5, 0.6) is 0 Å². The lowest BCUT2D eigenvalue weighted by atomic mass is 10.2. The third-order valence-corrected chi connectivity index (χ3v) is 4.99. The largest absolute Gasteiger partial charge is 0.378 e. The summed E-state index contributed by atoms with van der Waals surface area (Å²) in [5, 5.41) is 8.88. The van der Waals surface area contributed by atoms with Crippen molar-refractivity contribution in [3.8, 4) is 6.07 Å². The van der Waals surface area contributed by atoms with Crippen LogP contribution in [-0.4, -0.2) is 62.5 Å². The summed E-state index contributed by atoms with van der Waals surface area (Å²) in [4.78, 5) is 15.2. The second-order valence-electron chi connectivity index (χ2n) is 6.59. The number of hydrogen-bond donors (Lipinski definition) is 0. The Morgan fingerprint density at radius 2 is 1.52 bits per heavy atom. The quantitative estimate of drug-likeness (QED) is 0.816. The van der Waals surface area contributed by atoms with Gasteiger partial charge in [-0.25, -0.2) is 14.4 Å². The second-order valence-corrected chi connectivity index (χ2v) is 6.59. The van der Waals surface area contributed by atoms with Crippen molar-refractivity contribution >= 4 is 17.3 Å². The fraction of sp³-hybridized carbons (Fsp3) is 0.421. The number of nitrogens with zero attached hydrogens (tertiary/aromatic N) is 6. The van der Waals surface area contributed by atoms with Crippen LogP contribution < -0.4 is 14.7 Å². The van der Waals surface area contributed by atoms with Gasteiger partial charge in [-0.15, -0.1) is 0 Å². The minimum Gasteiger partial charge on any atom is -0.378 e. The highest BCUT2D eigenvalue weighted by molar-refractivity contribution is 5.55. The number of piperazine rings is 1. The van der Waals surface area contributed by atoms with Gasteiger partial charge in [0, 0.05) is 45.3 Å². The third kappa shape index (κ3) is 3.78. The number of aromatic nitrogens is 2. The van der Waals surface area contributed by atoms with Gasteiger partial charge in [-0.2, -0.15) is 5.26 Å². The second kappa shape index (κ2) is 7.76. The highest BCUT2D eigenvalue weighted by Gasteiger charge is 2.22. The number of anilines is 3. The number of nitriles is 1. The summed E-state index contributed by atoms with van der Waals surface area (Å²) in [6.45, 7) is 5.99. The molecule has 0 spiro atoms. The molecule has 7 nitrogen and oxygen atoms in total. The van der Waals surface area contributed by atoms with Crippen LogP contribution in [0.15, 0.2) is 30.6 Å². The molecule has 0 unspecified atom stereocenters. The number of hydrogen-bond acceptors (Lipinski definition) is 7. The van der Waals surface area contributed by atoms with E-state index >= 15 is 0 Å². The number of benzene rings is 1. The number of ether oxygens (including phenoxy) is 1. The van der Waals surface area contributed by atoms with Gasteiger partial charge in [0.05, 0.1) is 30.5 Å². The van der Waals surface area contributed by atoms with Crippen molar-refractivity contribution in [2.75, 3.05) is 67.2 Å². The molecule has 0 aliphatic carbocycles. The maximum Gasteiger partial charge on any atom is 0.147 e. The van der Waals surface area contributed by atoms with E-state index in [1.807, 2.05) is 17.0 Å². The van der Waals surface area contributed by atoms with Gasteiger partial charge < -0.3 is 19.4 Å². The lowest BCUT2D eigenvalue weighted by Gasteiger charge is -2.37. The first-order chi connectivity index (χ1) is 13.2. The molecule has 4 rings (SSSR count). The van der Waals surface area contributed by atoms with Crippen molar-refractivity contribution in [3.63, 3.8) is 0 Å². The van der Waals surface area contributed by atoms with Crippen molar-refractivity contribution in [3.05, 3.63) is 42.0 Å². The SMILES string of the molecule is N#Cc1ccc(N2CCN(c3cc(N4CCOCC4)ncn3)CC2)c(F)c1. The molecule has 27 heavy (non-hydrogen) atoms. The molecule has 2 saturated heterocycles. The van der Waals surface area contributed by atoms with Crippen molar-refractivity contribution in [1.82, 2.24) is 9.97 Å². The molecular formula is C19H21FN6O. The summed E-state index contributed by atoms with van der Waals surface area (Å²) in [5.41, 5.74) is 0.886. The topological polar surface area (TPSA) is 68.5 Å². The van der Waals surface area contributed by atoms with Crippen LogP contribution in [0.3, 0.4) is 0 Å². The molecule has 2 aliphatic heterocycles. The summed E-state index contributed by atoms with van der Waals surface area (Å²) in [5.74, 6) is 1.47. The standard InChI is InChI=1S/C19H21FN6O/c20-16-11-15(13-21)1-2-17(16)24-3-5-25(6-4-24)18-12-19(23-14-22-18)26-7-9-27-10-8-26/h1-2,11-12,14H,3-10H2. The summed E-state index contributed by atoms with van der Waals surface area (Å²) in [6.07, 6.45) is 1.60. The zero-order valence-electron chi connectivity index (χ0n) is 15.0. The molecule has 2 fully saturated rings. The first kappa shape index (κ1) is 17.5. The Kier molecular flexibility index (Phi) is 5.03. The van der Waals surface area contributed by atoms with Gasteiger partial charge in [0.1, 0.15) is 23.8 Å². The van der Waals surface area contributed by atoms with Crippen LogP contribution in [-0.2, 0) is 4.74 Å². The van der Waals surface area contributed by atoms with Gasteiger partial charge in [-0.3, -0.25) is 0 Å². The van der Waals surface area contributed by atoms with E-state index in [0.29, 0.717) is 37.6 Å². The summed E-state index contributed by atoms with van der Waals surface area (Å²) in [7, 11) is 0. The zero-order chi connectivity index (χ0) is 18.6. The van der Waals surface area contributed by atoms with Crippen LogP contribution in [0.1, 0.15) is 5.56 Å². The third-order valence-electron chi connectivity index (χ3n) is 4.99. The Balaban J connectivity index is 1.43. The Morgan fingerprint density at radius 3 is 2.15 bits per heavy atom. The Labute approximate surface area is 157 Å². The molecule has 0 saturated carbocycles. The smallest absolute Gasteiger partial charge is 0.147 e. The van der Waals surface area contributed by atoms with Gasteiger partial charge >= 0.3 is 0 Å². The first-order valence-electron chi connectivity index (χ1n) is 9.09.